The Morgan fingerprint density at radius 2 is 1.61 bits per heavy atom. The summed E-state index contributed by atoms with van der Waals surface area (Å²) in [6.45, 7) is 6.66. The molecular weight excluding hydrogens is 436 g/mol. The van der Waals surface area contributed by atoms with Gasteiger partial charge in [-0.2, -0.15) is 15.0 Å². The molecular formula is C20H27ClN8OS. The molecule has 0 aliphatic carbocycles. The molecule has 0 bridgehead atoms. The lowest BCUT2D eigenvalue weighted by molar-refractivity contribution is 0.122. The van der Waals surface area contributed by atoms with Gasteiger partial charge in [-0.25, -0.2) is 4.98 Å². The van der Waals surface area contributed by atoms with E-state index in [-0.39, 0.29) is 12.4 Å². The van der Waals surface area contributed by atoms with Crippen molar-refractivity contribution < 1.29 is 4.74 Å². The average molecular weight is 463 g/mol. The van der Waals surface area contributed by atoms with E-state index >= 15 is 0 Å². The molecule has 166 valence electrons. The number of aromatic nitrogens is 4. The predicted molar refractivity (Wildman–Crippen MR) is 128 cm³/mol. The lowest BCUT2D eigenvalue weighted by Crippen LogP contribution is -2.44. The molecule has 2 saturated heterocycles. The van der Waals surface area contributed by atoms with Crippen LogP contribution in [0.3, 0.4) is 0 Å². The molecule has 1 N–H and O–H groups in total. The van der Waals surface area contributed by atoms with Crippen LogP contribution >= 0.6 is 23.7 Å². The first kappa shape index (κ1) is 21.9. The molecule has 9 nitrogen and oxygen atoms in total. The number of benzene rings is 1. The normalized spacial score (nSPS) is 17.0. The van der Waals surface area contributed by atoms with Crippen molar-refractivity contribution in [3.05, 3.63) is 18.2 Å². The van der Waals surface area contributed by atoms with Gasteiger partial charge in [0.15, 0.2) is 11.0 Å². The van der Waals surface area contributed by atoms with Gasteiger partial charge in [0.2, 0.25) is 11.9 Å². The fourth-order valence-electron chi connectivity index (χ4n) is 3.64. The highest BCUT2D eigenvalue weighted by atomic mass is 35.5. The van der Waals surface area contributed by atoms with Crippen molar-refractivity contribution in [2.75, 3.05) is 81.3 Å². The van der Waals surface area contributed by atoms with Gasteiger partial charge < -0.3 is 24.8 Å². The molecule has 0 amide bonds. The Labute approximate surface area is 191 Å². The molecule has 0 atom stereocenters. The Morgan fingerprint density at radius 3 is 2.29 bits per heavy atom. The molecule has 11 heteroatoms. The number of anilines is 3. The number of rotatable bonds is 4. The van der Waals surface area contributed by atoms with Crippen LogP contribution in [0.2, 0.25) is 0 Å². The van der Waals surface area contributed by atoms with Crippen LogP contribution in [0.25, 0.3) is 21.6 Å². The monoisotopic (exact) mass is 462 g/mol. The second-order valence-electron chi connectivity index (χ2n) is 7.67. The van der Waals surface area contributed by atoms with E-state index in [2.05, 4.69) is 38.3 Å². The highest BCUT2D eigenvalue weighted by Crippen LogP contribution is 2.31. The topological polar surface area (TPSA) is 82.5 Å². The third-order valence-electron chi connectivity index (χ3n) is 5.32. The SMILES string of the molecule is CN(C)c1nc2ccc(-c3nc(N4CCNCC4)nc(N4CCOCC4)n3)cc2s1.Cl. The number of thiazole rings is 1. The summed E-state index contributed by atoms with van der Waals surface area (Å²) in [5, 5.41) is 4.38. The number of hydrogen-bond acceptors (Lipinski definition) is 10. The van der Waals surface area contributed by atoms with Gasteiger partial charge in [0, 0.05) is 58.9 Å². The molecule has 0 spiro atoms. The summed E-state index contributed by atoms with van der Waals surface area (Å²) in [5.41, 5.74) is 1.99. The number of nitrogens with zero attached hydrogens (tertiary/aromatic N) is 7. The second-order valence-corrected chi connectivity index (χ2v) is 8.68. The van der Waals surface area contributed by atoms with Crippen LogP contribution in [-0.4, -0.2) is 86.5 Å². The highest BCUT2D eigenvalue weighted by molar-refractivity contribution is 7.22. The third-order valence-corrected chi connectivity index (χ3v) is 6.51. The van der Waals surface area contributed by atoms with E-state index in [1.54, 1.807) is 11.3 Å². The predicted octanol–water partition coefficient (Wildman–Crippen LogP) is 1.88. The fraction of sp³-hybridized carbons (Fsp3) is 0.500. The first-order valence-corrected chi connectivity index (χ1v) is 11.1. The standard InChI is InChI=1S/C20H26N8OS.ClH/c1-26(2)20-22-15-4-3-14(13-16(15)30-20)17-23-18(27-7-5-21-6-8-27)25-19(24-17)28-9-11-29-12-10-28;/h3-4,13,21H,5-12H2,1-2H3;1H. The molecule has 2 aliphatic heterocycles. The van der Waals surface area contributed by atoms with E-state index in [9.17, 15) is 0 Å². The van der Waals surface area contributed by atoms with E-state index in [4.69, 9.17) is 19.7 Å². The lowest BCUT2D eigenvalue weighted by atomic mass is 10.2. The number of hydrogen-bond donors (Lipinski definition) is 1. The Balaban J connectivity index is 0.00000231. The summed E-state index contributed by atoms with van der Waals surface area (Å²) < 4.78 is 6.64. The zero-order chi connectivity index (χ0) is 20.5. The summed E-state index contributed by atoms with van der Waals surface area (Å²) >= 11 is 1.68. The summed E-state index contributed by atoms with van der Waals surface area (Å²) in [6, 6.07) is 6.25. The molecule has 3 aromatic rings. The first-order chi connectivity index (χ1) is 14.7. The van der Waals surface area contributed by atoms with Crippen LogP contribution < -0.4 is 20.0 Å². The molecule has 4 heterocycles. The number of fused-ring (bicyclic) bond motifs is 1. The van der Waals surface area contributed by atoms with Gasteiger partial charge in [-0.05, 0) is 18.2 Å². The van der Waals surface area contributed by atoms with Gasteiger partial charge in [0.1, 0.15) is 0 Å². The van der Waals surface area contributed by atoms with E-state index in [1.165, 1.54) is 0 Å². The molecule has 1 aromatic carbocycles. The van der Waals surface area contributed by atoms with E-state index in [0.29, 0.717) is 19.0 Å². The smallest absolute Gasteiger partial charge is 0.230 e. The molecule has 2 aromatic heterocycles. The van der Waals surface area contributed by atoms with E-state index in [1.807, 2.05) is 19.0 Å². The molecule has 0 saturated carbocycles. The highest BCUT2D eigenvalue weighted by Gasteiger charge is 2.21. The Hall–Kier alpha value is -2.27. The van der Waals surface area contributed by atoms with Crippen LogP contribution in [0.4, 0.5) is 17.0 Å². The number of halogens is 1. The number of piperazine rings is 1. The first-order valence-electron chi connectivity index (χ1n) is 10.3. The van der Waals surface area contributed by atoms with Crippen molar-refractivity contribution in [2.24, 2.45) is 0 Å². The van der Waals surface area contributed by atoms with Crippen molar-refractivity contribution in [3.8, 4) is 11.4 Å². The van der Waals surface area contributed by atoms with Crippen molar-refractivity contribution >= 4 is 51.0 Å². The fourth-order valence-corrected chi connectivity index (χ4v) is 4.56. The van der Waals surface area contributed by atoms with Crippen LogP contribution in [0.15, 0.2) is 18.2 Å². The summed E-state index contributed by atoms with van der Waals surface area (Å²) in [6.07, 6.45) is 0. The van der Waals surface area contributed by atoms with Crippen molar-refractivity contribution in [1.29, 1.82) is 0 Å². The Morgan fingerprint density at radius 1 is 0.935 bits per heavy atom. The maximum absolute atomic E-state index is 5.51. The van der Waals surface area contributed by atoms with Crippen LogP contribution in [-0.2, 0) is 4.74 Å². The minimum atomic E-state index is 0. The minimum Gasteiger partial charge on any atom is -0.378 e. The summed E-state index contributed by atoms with van der Waals surface area (Å²) in [4.78, 5) is 25.7. The second kappa shape index (κ2) is 9.47. The average Bonchev–Trinajstić information content (AvgIpc) is 3.24. The van der Waals surface area contributed by atoms with Crippen LogP contribution in [0, 0.1) is 0 Å². The summed E-state index contributed by atoms with van der Waals surface area (Å²) in [7, 11) is 4.03. The van der Waals surface area contributed by atoms with Crippen molar-refractivity contribution in [3.63, 3.8) is 0 Å². The van der Waals surface area contributed by atoms with Crippen LogP contribution in [0.5, 0.6) is 0 Å². The summed E-state index contributed by atoms with van der Waals surface area (Å²) in [5.74, 6) is 2.19. The van der Waals surface area contributed by atoms with Gasteiger partial charge in [-0.1, -0.05) is 11.3 Å². The molecule has 31 heavy (non-hydrogen) atoms. The zero-order valence-corrected chi connectivity index (χ0v) is 19.4. The largest absolute Gasteiger partial charge is 0.378 e. The minimum absolute atomic E-state index is 0. The van der Waals surface area contributed by atoms with Gasteiger partial charge in [0.05, 0.1) is 23.4 Å². The van der Waals surface area contributed by atoms with Crippen molar-refractivity contribution in [2.45, 2.75) is 0 Å². The van der Waals surface area contributed by atoms with E-state index in [0.717, 1.165) is 72.1 Å². The number of nitrogens with one attached hydrogen (secondary N) is 1. The molecule has 0 radical (unpaired) electrons. The molecule has 2 fully saturated rings. The quantitative estimate of drug-likeness (QED) is 0.624. The molecule has 5 rings (SSSR count). The van der Waals surface area contributed by atoms with Gasteiger partial charge >= 0.3 is 0 Å². The number of morpholine rings is 1. The molecule has 0 unspecified atom stereocenters. The number of ether oxygens (including phenoxy) is 1. The lowest BCUT2D eigenvalue weighted by Gasteiger charge is -2.30. The van der Waals surface area contributed by atoms with Gasteiger partial charge in [0.25, 0.3) is 0 Å². The Bertz CT molecular complexity index is 997. The van der Waals surface area contributed by atoms with Gasteiger partial charge in [-0.15, -0.1) is 12.4 Å². The maximum atomic E-state index is 5.51. The van der Waals surface area contributed by atoms with E-state index < -0.39 is 0 Å². The Kier molecular flexibility index (Phi) is 6.71. The van der Waals surface area contributed by atoms with Crippen LogP contribution in [0.1, 0.15) is 0 Å². The van der Waals surface area contributed by atoms with Gasteiger partial charge in [-0.3, -0.25) is 0 Å². The zero-order valence-electron chi connectivity index (χ0n) is 17.7. The molecule has 2 aliphatic rings. The maximum Gasteiger partial charge on any atom is 0.230 e. The van der Waals surface area contributed by atoms with Crippen molar-refractivity contribution in [1.82, 2.24) is 25.3 Å². The third kappa shape index (κ3) is 4.67.